The van der Waals surface area contributed by atoms with Gasteiger partial charge in [-0.05, 0) is 30.5 Å². The van der Waals surface area contributed by atoms with E-state index in [1.165, 1.54) is 12.8 Å². The first-order chi connectivity index (χ1) is 6.36. The molecule has 70 valence electrons. The molecule has 0 bridgehead atoms. The van der Waals surface area contributed by atoms with Crippen molar-refractivity contribution in [1.82, 2.24) is 10.3 Å². The Hall–Kier alpha value is -0.930. The maximum Gasteiger partial charge on any atom is 0.0422 e. The van der Waals surface area contributed by atoms with Gasteiger partial charge in [0.2, 0.25) is 0 Å². The van der Waals surface area contributed by atoms with Crippen molar-refractivity contribution in [2.24, 2.45) is 5.73 Å². The van der Waals surface area contributed by atoms with Crippen LogP contribution in [-0.2, 0) is 0 Å². The first-order valence-electron chi connectivity index (χ1n) is 4.75. The van der Waals surface area contributed by atoms with Crippen LogP contribution in [0.5, 0.6) is 0 Å². The maximum absolute atomic E-state index is 5.98. The third-order valence-electron chi connectivity index (χ3n) is 2.34. The lowest BCUT2D eigenvalue weighted by molar-refractivity contribution is 0.595. The van der Waals surface area contributed by atoms with Crippen LogP contribution in [0.25, 0.3) is 0 Å². The zero-order valence-corrected chi connectivity index (χ0v) is 7.61. The van der Waals surface area contributed by atoms with Gasteiger partial charge in [-0.25, -0.2) is 0 Å². The fourth-order valence-corrected chi connectivity index (χ4v) is 1.31. The molecule has 3 heteroatoms. The minimum Gasteiger partial charge on any atom is -0.323 e. The van der Waals surface area contributed by atoms with Gasteiger partial charge in [0, 0.05) is 31.0 Å². The zero-order valence-electron chi connectivity index (χ0n) is 7.61. The van der Waals surface area contributed by atoms with Crippen molar-refractivity contribution in [3.8, 4) is 0 Å². The smallest absolute Gasteiger partial charge is 0.0422 e. The molecule has 13 heavy (non-hydrogen) atoms. The Morgan fingerprint density at radius 2 is 2.15 bits per heavy atom. The van der Waals surface area contributed by atoms with Crippen LogP contribution in [0.15, 0.2) is 24.5 Å². The topological polar surface area (TPSA) is 50.9 Å². The molecule has 0 amide bonds. The molecule has 1 aliphatic carbocycles. The average Bonchev–Trinajstić information content (AvgIpc) is 2.99. The molecule has 0 radical (unpaired) electrons. The van der Waals surface area contributed by atoms with Crippen molar-refractivity contribution >= 4 is 0 Å². The van der Waals surface area contributed by atoms with Gasteiger partial charge in [0.15, 0.2) is 0 Å². The summed E-state index contributed by atoms with van der Waals surface area (Å²) >= 11 is 0. The highest BCUT2D eigenvalue weighted by Crippen LogP contribution is 2.19. The molecule has 3 N–H and O–H groups in total. The molecule has 1 saturated carbocycles. The van der Waals surface area contributed by atoms with Gasteiger partial charge < -0.3 is 11.1 Å². The molecule has 1 unspecified atom stereocenters. The third kappa shape index (κ3) is 2.50. The first-order valence-corrected chi connectivity index (χ1v) is 4.75. The van der Waals surface area contributed by atoms with E-state index in [9.17, 15) is 0 Å². The summed E-state index contributed by atoms with van der Waals surface area (Å²) in [6.45, 7) is 0.870. The summed E-state index contributed by atoms with van der Waals surface area (Å²) in [4.78, 5) is 3.96. The summed E-state index contributed by atoms with van der Waals surface area (Å²) < 4.78 is 0. The second-order valence-electron chi connectivity index (χ2n) is 3.57. The lowest BCUT2D eigenvalue weighted by Gasteiger charge is -2.11. The van der Waals surface area contributed by atoms with Gasteiger partial charge in [0.1, 0.15) is 0 Å². The number of hydrogen-bond donors (Lipinski definition) is 2. The summed E-state index contributed by atoms with van der Waals surface area (Å²) in [5.74, 6) is 0. The fourth-order valence-electron chi connectivity index (χ4n) is 1.31. The molecule has 0 saturated heterocycles. The van der Waals surface area contributed by atoms with E-state index in [0.29, 0.717) is 0 Å². The Balaban J connectivity index is 1.85. The van der Waals surface area contributed by atoms with E-state index in [4.69, 9.17) is 5.73 Å². The van der Waals surface area contributed by atoms with Crippen molar-refractivity contribution in [1.29, 1.82) is 0 Å². The van der Waals surface area contributed by atoms with Gasteiger partial charge >= 0.3 is 0 Å². The Morgan fingerprint density at radius 3 is 2.77 bits per heavy atom. The quantitative estimate of drug-likeness (QED) is 0.716. The number of pyridine rings is 1. The van der Waals surface area contributed by atoms with Gasteiger partial charge in [-0.2, -0.15) is 0 Å². The summed E-state index contributed by atoms with van der Waals surface area (Å²) in [7, 11) is 0. The minimum absolute atomic E-state index is 0.101. The van der Waals surface area contributed by atoms with Crippen molar-refractivity contribution in [3.63, 3.8) is 0 Å². The highest BCUT2D eigenvalue weighted by Gasteiger charge is 2.21. The largest absolute Gasteiger partial charge is 0.323 e. The lowest BCUT2D eigenvalue weighted by atomic mass is 10.1. The van der Waals surface area contributed by atoms with E-state index in [1.807, 2.05) is 12.1 Å². The van der Waals surface area contributed by atoms with Crippen LogP contribution >= 0.6 is 0 Å². The second kappa shape index (κ2) is 3.85. The monoisotopic (exact) mass is 177 g/mol. The predicted octanol–water partition coefficient (Wildman–Crippen LogP) is 0.833. The van der Waals surface area contributed by atoms with Gasteiger partial charge in [0.05, 0.1) is 0 Å². The second-order valence-corrected chi connectivity index (χ2v) is 3.57. The molecule has 3 nitrogen and oxygen atoms in total. The number of aromatic nitrogens is 1. The molecular weight excluding hydrogens is 162 g/mol. The number of nitrogens with two attached hydrogens (primary N) is 1. The summed E-state index contributed by atoms with van der Waals surface area (Å²) in [6, 6.07) is 4.77. The average molecular weight is 177 g/mol. The van der Waals surface area contributed by atoms with Crippen LogP contribution in [0.4, 0.5) is 0 Å². The number of nitrogens with zero attached hydrogens (tertiary/aromatic N) is 1. The minimum atomic E-state index is 0.101. The lowest BCUT2D eigenvalue weighted by Crippen LogP contribution is -2.28. The SMILES string of the molecule is NC(CNC1CC1)c1ccncc1. The molecule has 1 aliphatic rings. The van der Waals surface area contributed by atoms with E-state index >= 15 is 0 Å². The van der Waals surface area contributed by atoms with Crippen LogP contribution in [0, 0.1) is 0 Å². The molecule has 0 spiro atoms. The molecular formula is C10H15N3. The van der Waals surface area contributed by atoms with Crippen molar-refractivity contribution < 1.29 is 0 Å². The van der Waals surface area contributed by atoms with Crippen LogP contribution in [0.1, 0.15) is 24.4 Å². The predicted molar refractivity (Wildman–Crippen MR) is 52.2 cm³/mol. The molecule has 1 aromatic rings. The molecule has 1 fully saturated rings. The molecule has 2 rings (SSSR count). The third-order valence-corrected chi connectivity index (χ3v) is 2.34. The van der Waals surface area contributed by atoms with E-state index in [-0.39, 0.29) is 6.04 Å². The van der Waals surface area contributed by atoms with E-state index in [2.05, 4.69) is 10.3 Å². The van der Waals surface area contributed by atoms with Crippen molar-refractivity contribution in [2.75, 3.05) is 6.54 Å². The highest BCUT2D eigenvalue weighted by molar-refractivity contribution is 5.14. The fraction of sp³-hybridized carbons (Fsp3) is 0.500. The Morgan fingerprint density at radius 1 is 1.46 bits per heavy atom. The van der Waals surface area contributed by atoms with Crippen LogP contribution in [-0.4, -0.2) is 17.6 Å². The molecule has 0 aliphatic heterocycles. The Bertz CT molecular complexity index is 256. The number of hydrogen-bond acceptors (Lipinski definition) is 3. The van der Waals surface area contributed by atoms with Gasteiger partial charge in [-0.3, -0.25) is 4.98 Å². The van der Waals surface area contributed by atoms with E-state index in [1.54, 1.807) is 12.4 Å². The summed E-state index contributed by atoms with van der Waals surface area (Å²) in [5, 5.41) is 3.41. The van der Waals surface area contributed by atoms with Crippen LogP contribution in [0.2, 0.25) is 0 Å². The number of rotatable bonds is 4. The van der Waals surface area contributed by atoms with Crippen LogP contribution in [0.3, 0.4) is 0 Å². The van der Waals surface area contributed by atoms with Crippen molar-refractivity contribution in [3.05, 3.63) is 30.1 Å². The molecule has 1 atom stereocenters. The number of nitrogens with one attached hydrogen (secondary N) is 1. The van der Waals surface area contributed by atoms with Gasteiger partial charge in [-0.15, -0.1) is 0 Å². The van der Waals surface area contributed by atoms with Gasteiger partial charge in [-0.1, -0.05) is 0 Å². The first kappa shape index (κ1) is 8.66. The maximum atomic E-state index is 5.98. The standard InChI is InChI=1S/C10H15N3/c11-10(7-13-9-1-2-9)8-3-5-12-6-4-8/h3-6,9-10,13H,1-2,7,11H2. The van der Waals surface area contributed by atoms with Crippen molar-refractivity contribution in [2.45, 2.75) is 24.9 Å². The normalized spacial score (nSPS) is 18.5. The molecule has 1 aromatic heterocycles. The zero-order chi connectivity index (χ0) is 9.10. The Labute approximate surface area is 78.4 Å². The van der Waals surface area contributed by atoms with Crippen LogP contribution < -0.4 is 11.1 Å². The molecule has 0 aromatic carbocycles. The Kier molecular flexibility index (Phi) is 2.57. The molecule has 1 heterocycles. The summed E-state index contributed by atoms with van der Waals surface area (Å²) in [5.41, 5.74) is 7.14. The summed E-state index contributed by atoms with van der Waals surface area (Å²) in [6.07, 6.45) is 6.19. The van der Waals surface area contributed by atoms with E-state index in [0.717, 1.165) is 18.2 Å². The highest BCUT2D eigenvalue weighted by atomic mass is 15.0. The van der Waals surface area contributed by atoms with Gasteiger partial charge in [0.25, 0.3) is 0 Å². The van der Waals surface area contributed by atoms with E-state index < -0.39 is 0 Å².